The summed E-state index contributed by atoms with van der Waals surface area (Å²) in [5.41, 5.74) is 13.8. The van der Waals surface area contributed by atoms with Gasteiger partial charge in [0.15, 0.2) is 0 Å². The van der Waals surface area contributed by atoms with E-state index in [0.717, 1.165) is 45.6 Å². The first kappa shape index (κ1) is 21.6. The zero-order valence-corrected chi connectivity index (χ0v) is 17.2. The molecule has 0 amide bonds. The molecule has 0 heterocycles. The molecule has 0 aliphatic heterocycles. The Morgan fingerprint density at radius 1 is 0.556 bits per heavy atom. The topological polar surface area (TPSA) is 42.5 Å². The molecule has 0 aliphatic rings. The third kappa shape index (κ3) is 9.16. The molecule has 4 nitrogen and oxygen atoms in total. The molecule has 4 heteroatoms. The zero-order chi connectivity index (χ0) is 19.5. The predicted molar refractivity (Wildman–Crippen MR) is 111 cm³/mol. The number of nitrogens with one attached hydrogen (secondary N) is 2. The van der Waals surface area contributed by atoms with Crippen LogP contribution >= 0.6 is 0 Å². The first-order valence-electron chi connectivity index (χ1n) is 9.86. The maximum atomic E-state index is 5.52. The average molecular weight is 371 g/mol. The van der Waals surface area contributed by atoms with Crippen molar-refractivity contribution >= 4 is 0 Å². The molecule has 0 saturated carbocycles. The third-order valence-corrected chi connectivity index (χ3v) is 4.31. The molecule has 0 aromatic heterocycles. The Morgan fingerprint density at radius 3 is 1.30 bits per heavy atom. The van der Waals surface area contributed by atoms with Crippen LogP contribution in [0.3, 0.4) is 0 Å². The highest BCUT2D eigenvalue weighted by molar-refractivity contribution is 5.29. The Morgan fingerprint density at radius 2 is 0.926 bits per heavy atom. The maximum Gasteiger partial charge on any atom is 0.0682 e. The summed E-state index contributed by atoms with van der Waals surface area (Å²) in [6.45, 7) is 11.4. The largest absolute Gasteiger partial charge is 0.301 e. The number of rotatable bonds is 12. The van der Waals surface area contributed by atoms with Gasteiger partial charge in [0.05, 0.1) is 13.2 Å². The zero-order valence-electron chi connectivity index (χ0n) is 17.2. The van der Waals surface area contributed by atoms with Gasteiger partial charge in [-0.05, 0) is 58.1 Å². The third-order valence-electron chi connectivity index (χ3n) is 4.31. The van der Waals surface area contributed by atoms with Crippen LogP contribution in [0.2, 0.25) is 0 Å². The molecule has 0 unspecified atom stereocenters. The van der Waals surface area contributed by atoms with E-state index < -0.39 is 0 Å². The number of aryl methyl sites for hydroxylation is 4. The maximum absolute atomic E-state index is 5.52. The summed E-state index contributed by atoms with van der Waals surface area (Å²) in [6.07, 6.45) is 3.15. The molecule has 0 saturated heterocycles. The molecule has 0 atom stereocenters. The SMILES string of the molecule is Cc1cc(C)cc(CNOCCCCCONCc2cc(C)cc(C)c2)c1. The molecule has 2 N–H and O–H groups in total. The second kappa shape index (κ2) is 11.9. The fourth-order valence-electron chi connectivity index (χ4n) is 3.28. The summed E-state index contributed by atoms with van der Waals surface area (Å²) in [5.74, 6) is 0. The van der Waals surface area contributed by atoms with E-state index in [9.17, 15) is 0 Å². The molecular formula is C23H34N2O2. The quantitative estimate of drug-likeness (QED) is 0.415. The first-order chi connectivity index (χ1) is 13.0. The molecule has 0 aliphatic carbocycles. The van der Waals surface area contributed by atoms with Crippen molar-refractivity contribution in [2.45, 2.75) is 60.0 Å². The van der Waals surface area contributed by atoms with Gasteiger partial charge in [0, 0.05) is 13.1 Å². The number of hydroxylamine groups is 2. The molecular weight excluding hydrogens is 336 g/mol. The van der Waals surface area contributed by atoms with Crippen LogP contribution in [0.1, 0.15) is 52.6 Å². The van der Waals surface area contributed by atoms with E-state index in [0.29, 0.717) is 0 Å². The number of unbranched alkanes of at least 4 members (excludes halogenated alkanes) is 2. The predicted octanol–water partition coefficient (Wildman–Crippen LogP) is 4.83. The van der Waals surface area contributed by atoms with Crippen molar-refractivity contribution in [3.63, 3.8) is 0 Å². The van der Waals surface area contributed by atoms with Gasteiger partial charge in [-0.2, -0.15) is 11.0 Å². The normalized spacial score (nSPS) is 11.1. The smallest absolute Gasteiger partial charge is 0.0682 e. The Hall–Kier alpha value is -1.72. The van der Waals surface area contributed by atoms with Gasteiger partial charge in [-0.25, -0.2) is 0 Å². The molecule has 2 aromatic rings. The first-order valence-corrected chi connectivity index (χ1v) is 9.86. The molecule has 0 bridgehead atoms. The van der Waals surface area contributed by atoms with Crippen molar-refractivity contribution < 1.29 is 9.68 Å². The van der Waals surface area contributed by atoms with Gasteiger partial charge in [0.2, 0.25) is 0 Å². The second-order valence-electron chi connectivity index (χ2n) is 7.39. The Bertz CT molecular complexity index is 601. The van der Waals surface area contributed by atoms with Crippen LogP contribution in [0, 0.1) is 27.7 Å². The molecule has 0 radical (unpaired) electrons. The lowest BCUT2D eigenvalue weighted by Crippen LogP contribution is -2.16. The van der Waals surface area contributed by atoms with Gasteiger partial charge in [-0.1, -0.05) is 58.7 Å². The highest BCUT2D eigenvalue weighted by Crippen LogP contribution is 2.09. The van der Waals surface area contributed by atoms with Gasteiger partial charge in [0.25, 0.3) is 0 Å². The van der Waals surface area contributed by atoms with Gasteiger partial charge >= 0.3 is 0 Å². The van der Waals surface area contributed by atoms with Crippen LogP contribution in [0.5, 0.6) is 0 Å². The number of hydrogen-bond donors (Lipinski definition) is 2. The fourth-order valence-corrected chi connectivity index (χ4v) is 3.28. The van der Waals surface area contributed by atoms with Gasteiger partial charge < -0.3 is 9.68 Å². The Labute approximate surface area is 164 Å². The van der Waals surface area contributed by atoms with Crippen LogP contribution in [-0.2, 0) is 22.8 Å². The molecule has 0 spiro atoms. The van der Waals surface area contributed by atoms with E-state index in [4.69, 9.17) is 9.68 Å². The molecule has 2 aromatic carbocycles. The lowest BCUT2D eigenvalue weighted by molar-refractivity contribution is 0.0230. The average Bonchev–Trinajstić information content (AvgIpc) is 2.58. The van der Waals surface area contributed by atoms with Crippen molar-refractivity contribution in [3.05, 3.63) is 69.8 Å². The fraction of sp³-hybridized carbons (Fsp3) is 0.478. The highest BCUT2D eigenvalue weighted by Gasteiger charge is 1.98. The van der Waals surface area contributed by atoms with Gasteiger partial charge in [0.1, 0.15) is 0 Å². The highest BCUT2D eigenvalue weighted by atomic mass is 16.6. The van der Waals surface area contributed by atoms with E-state index in [1.807, 2.05) is 0 Å². The monoisotopic (exact) mass is 370 g/mol. The van der Waals surface area contributed by atoms with Crippen molar-refractivity contribution in [2.75, 3.05) is 13.2 Å². The standard InChI is InChI=1S/C23H34N2O2/c1-18-10-19(2)13-22(12-18)16-24-26-8-6-5-7-9-27-25-17-23-14-20(3)11-21(4)15-23/h10-15,24-25H,5-9,16-17H2,1-4H3. The summed E-state index contributed by atoms with van der Waals surface area (Å²) < 4.78 is 0. The van der Waals surface area contributed by atoms with Crippen molar-refractivity contribution in [2.24, 2.45) is 0 Å². The summed E-state index contributed by atoms with van der Waals surface area (Å²) in [7, 11) is 0. The Balaban J connectivity index is 1.43. The minimum atomic E-state index is 0.723. The summed E-state index contributed by atoms with van der Waals surface area (Å²) >= 11 is 0. The van der Waals surface area contributed by atoms with Crippen molar-refractivity contribution in [1.82, 2.24) is 11.0 Å². The Kier molecular flexibility index (Phi) is 9.50. The van der Waals surface area contributed by atoms with Crippen molar-refractivity contribution in [1.29, 1.82) is 0 Å². The van der Waals surface area contributed by atoms with E-state index in [-0.39, 0.29) is 0 Å². The number of benzene rings is 2. The van der Waals surface area contributed by atoms with Gasteiger partial charge in [-0.3, -0.25) is 0 Å². The molecule has 27 heavy (non-hydrogen) atoms. The number of hydrogen-bond acceptors (Lipinski definition) is 4. The van der Waals surface area contributed by atoms with E-state index in [1.165, 1.54) is 33.4 Å². The lowest BCUT2D eigenvalue weighted by Gasteiger charge is -2.09. The minimum Gasteiger partial charge on any atom is -0.301 e. The molecule has 148 valence electrons. The van der Waals surface area contributed by atoms with E-state index in [2.05, 4.69) is 75.1 Å². The minimum absolute atomic E-state index is 0.723. The van der Waals surface area contributed by atoms with Crippen LogP contribution in [0.25, 0.3) is 0 Å². The lowest BCUT2D eigenvalue weighted by atomic mass is 10.1. The van der Waals surface area contributed by atoms with Crippen LogP contribution < -0.4 is 11.0 Å². The molecule has 2 rings (SSSR count). The summed E-state index contributed by atoms with van der Waals surface area (Å²) in [6, 6.07) is 13.1. The molecule has 0 fully saturated rings. The van der Waals surface area contributed by atoms with Gasteiger partial charge in [-0.15, -0.1) is 0 Å². The summed E-state index contributed by atoms with van der Waals surface area (Å²) in [5, 5.41) is 0. The van der Waals surface area contributed by atoms with E-state index in [1.54, 1.807) is 0 Å². The van der Waals surface area contributed by atoms with Crippen LogP contribution in [0.15, 0.2) is 36.4 Å². The van der Waals surface area contributed by atoms with Crippen LogP contribution in [0.4, 0.5) is 0 Å². The van der Waals surface area contributed by atoms with Crippen LogP contribution in [-0.4, -0.2) is 13.2 Å². The summed E-state index contributed by atoms with van der Waals surface area (Å²) in [4.78, 5) is 11.0. The van der Waals surface area contributed by atoms with Crippen molar-refractivity contribution in [3.8, 4) is 0 Å². The van der Waals surface area contributed by atoms with E-state index >= 15 is 0 Å². The second-order valence-corrected chi connectivity index (χ2v) is 7.39.